The summed E-state index contributed by atoms with van der Waals surface area (Å²) in [6.45, 7) is 17.6. The quantitative estimate of drug-likeness (QED) is 0.124. The van der Waals surface area contributed by atoms with Gasteiger partial charge in [0.15, 0.2) is 0 Å². The van der Waals surface area contributed by atoms with E-state index in [2.05, 4.69) is 197 Å². The van der Waals surface area contributed by atoms with E-state index in [0.29, 0.717) is 0 Å². The lowest BCUT2D eigenvalue weighted by Crippen LogP contribution is -2.24. The zero-order valence-corrected chi connectivity index (χ0v) is 32.3. The summed E-state index contributed by atoms with van der Waals surface area (Å²) in [7, 11) is 0. The molecule has 264 valence electrons. The summed E-state index contributed by atoms with van der Waals surface area (Å²) in [6, 6.07) is 38.6. The van der Waals surface area contributed by atoms with Gasteiger partial charge < -0.3 is 4.90 Å². The lowest BCUT2D eigenvalue weighted by molar-refractivity contribution is 0.849. The number of hydrogen-bond donors (Lipinski definition) is 0. The number of allylic oxidation sites excluding steroid dienone is 10. The van der Waals surface area contributed by atoms with Crippen molar-refractivity contribution in [2.24, 2.45) is 0 Å². The first-order valence-electron chi connectivity index (χ1n) is 18.6. The molecule has 1 aliphatic rings. The van der Waals surface area contributed by atoms with Crippen LogP contribution >= 0.6 is 11.3 Å². The Bertz CT molecular complexity index is 2340. The van der Waals surface area contributed by atoms with E-state index in [-0.39, 0.29) is 0 Å². The maximum atomic E-state index is 4.61. The smallest absolute Gasteiger partial charge is 0.0461 e. The Morgan fingerprint density at radius 1 is 0.717 bits per heavy atom. The molecule has 0 unspecified atom stereocenters. The Labute approximate surface area is 320 Å². The van der Waals surface area contributed by atoms with Crippen LogP contribution < -0.4 is 14.7 Å². The van der Waals surface area contributed by atoms with Gasteiger partial charge in [-0.25, -0.2) is 0 Å². The maximum Gasteiger partial charge on any atom is 0.0461 e. The monoisotopic (exact) mass is 707 g/mol. The summed E-state index contributed by atoms with van der Waals surface area (Å²) >= 11 is 1.92. The zero-order chi connectivity index (χ0) is 37.2. The maximum absolute atomic E-state index is 4.61. The lowest BCUT2D eigenvalue weighted by Gasteiger charge is -2.26. The minimum Gasteiger partial charge on any atom is -0.311 e. The van der Waals surface area contributed by atoms with Gasteiger partial charge in [0.05, 0.1) is 0 Å². The fourth-order valence-electron chi connectivity index (χ4n) is 6.92. The molecule has 6 rings (SSSR count). The Morgan fingerprint density at radius 3 is 2.00 bits per heavy atom. The van der Waals surface area contributed by atoms with Crippen molar-refractivity contribution in [2.45, 2.75) is 47.0 Å². The second-order valence-corrected chi connectivity index (χ2v) is 14.3. The molecule has 1 heterocycles. The number of hydrogen-bond acceptors (Lipinski definition) is 2. The molecule has 0 amide bonds. The standard InChI is InChI=1S/C51H49NS/c1-7-19-45(43-22-15-11-16-23-43)36-37(4)40(8-2)27-26-38(5)52(47-34-30-44(31-35-47)42-20-13-10-14-21-42)46-32-28-41(29-33-46)39(6)51-48(9-3)49-24-17-12-18-25-50(49)53-51/h7-11,13-16,18-23,25-36H,4-5,12,17,24H2,1-3,6H3/b19-7+,27-26-,40-8+,45-36+,48-9-,51-39-. The molecule has 0 N–H and O–H groups in total. The van der Waals surface area contributed by atoms with Gasteiger partial charge in [0.2, 0.25) is 0 Å². The summed E-state index contributed by atoms with van der Waals surface area (Å²) in [4.78, 5) is 3.64. The van der Waals surface area contributed by atoms with Crippen LogP contribution in [0.15, 0.2) is 182 Å². The minimum atomic E-state index is 0.857. The number of rotatable bonds is 11. The third kappa shape index (κ3) is 8.68. The van der Waals surface area contributed by atoms with Crippen LogP contribution in [-0.2, 0) is 6.42 Å². The molecule has 0 fully saturated rings. The molecule has 1 nitrogen and oxygen atoms in total. The first-order valence-corrected chi connectivity index (χ1v) is 19.4. The third-order valence-electron chi connectivity index (χ3n) is 9.77. The molecular weight excluding hydrogens is 659 g/mol. The van der Waals surface area contributed by atoms with Gasteiger partial charge in [-0.05, 0) is 145 Å². The molecule has 1 aromatic heterocycles. The highest BCUT2D eigenvalue weighted by Crippen LogP contribution is 2.33. The molecule has 53 heavy (non-hydrogen) atoms. The summed E-state index contributed by atoms with van der Waals surface area (Å²) < 4.78 is 1.37. The van der Waals surface area contributed by atoms with Crippen molar-refractivity contribution in [3.8, 4) is 11.1 Å². The summed E-state index contributed by atoms with van der Waals surface area (Å²) in [5.74, 6) is 0. The van der Waals surface area contributed by atoms with Gasteiger partial charge in [-0.15, -0.1) is 11.3 Å². The van der Waals surface area contributed by atoms with Crippen LogP contribution in [0.3, 0.4) is 0 Å². The normalized spacial score (nSPS) is 14.4. The number of thiophene rings is 1. The second-order valence-electron chi connectivity index (χ2n) is 13.3. The van der Waals surface area contributed by atoms with Crippen LogP contribution in [-0.4, -0.2) is 0 Å². The summed E-state index contributed by atoms with van der Waals surface area (Å²) in [6.07, 6.45) is 23.1. The Hall–Kier alpha value is -5.70. The molecule has 2 heteroatoms. The van der Waals surface area contributed by atoms with E-state index in [9.17, 15) is 0 Å². The zero-order valence-electron chi connectivity index (χ0n) is 31.5. The van der Waals surface area contributed by atoms with E-state index >= 15 is 0 Å². The predicted octanol–water partition coefficient (Wildman–Crippen LogP) is 13.2. The SMILES string of the molecule is C=C(/C=C(\C=C\C)c1ccccc1)C(/C=C\C(=C)N(c1ccc(/C(C)=c2\sc3c(\c2=C\C)CCCC=C3)cc1)c1ccc(-c2ccccc2)cc1)=C/C. The minimum absolute atomic E-state index is 0.857. The molecule has 0 bridgehead atoms. The van der Waals surface area contributed by atoms with Crippen molar-refractivity contribution in [2.75, 3.05) is 4.90 Å². The van der Waals surface area contributed by atoms with E-state index in [1.807, 2.05) is 24.3 Å². The van der Waals surface area contributed by atoms with Gasteiger partial charge in [0.25, 0.3) is 0 Å². The van der Waals surface area contributed by atoms with Gasteiger partial charge in [-0.2, -0.15) is 0 Å². The van der Waals surface area contributed by atoms with Crippen molar-refractivity contribution in [3.63, 3.8) is 0 Å². The van der Waals surface area contributed by atoms with Crippen LogP contribution in [0.1, 0.15) is 62.1 Å². The number of benzene rings is 4. The number of fused-ring (bicyclic) bond motifs is 1. The molecule has 0 saturated carbocycles. The van der Waals surface area contributed by atoms with Crippen LogP contribution in [0.4, 0.5) is 11.4 Å². The molecule has 0 atom stereocenters. The van der Waals surface area contributed by atoms with Gasteiger partial charge in [-0.3, -0.25) is 0 Å². The highest BCUT2D eigenvalue weighted by atomic mass is 32.1. The van der Waals surface area contributed by atoms with Crippen molar-refractivity contribution < 1.29 is 0 Å². The van der Waals surface area contributed by atoms with E-state index in [1.54, 1.807) is 0 Å². The van der Waals surface area contributed by atoms with Crippen molar-refractivity contribution >= 4 is 46.0 Å². The molecule has 0 aliphatic heterocycles. The Balaban J connectivity index is 1.35. The van der Waals surface area contributed by atoms with Crippen LogP contribution in [0, 0.1) is 0 Å². The van der Waals surface area contributed by atoms with Gasteiger partial charge in [0.1, 0.15) is 0 Å². The fourth-order valence-corrected chi connectivity index (χ4v) is 8.26. The fraction of sp³-hybridized carbons (Fsp3) is 0.137. The van der Waals surface area contributed by atoms with Crippen molar-refractivity contribution in [3.05, 3.63) is 213 Å². The van der Waals surface area contributed by atoms with Crippen LogP contribution in [0.5, 0.6) is 0 Å². The van der Waals surface area contributed by atoms with Gasteiger partial charge in [-0.1, -0.05) is 135 Å². The highest BCUT2D eigenvalue weighted by molar-refractivity contribution is 7.11. The van der Waals surface area contributed by atoms with E-state index < -0.39 is 0 Å². The molecule has 0 saturated heterocycles. The van der Waals surface area contributed by atoms with Crippen molar-refractivity contribution in [1.29, 1.82) is 0 Å². The van der Waals surface area contributed by atoms with E-state index in [1.165, 1.54) is 48.9 Å². The number of anilines is 2. The average Bonchev–Trinajstić information content (AvgIpc) is 3.39. The summed E-state index contributed by atoms with van der Waals surface area (Å²) in [5, 5.41) is 1.40. The topological polar surface area (TPSA) is 3.24 Å². The Kier molecular flexibility index (Phi) is 12.4. The van der Waals surface area contributed by atoms with Crippen molar-refractivity contribution in [1.82, 2.24) is 0 Å². The molecule has 1 aliphatic carbocycles. The molecular formula is C51H49NS. The molecule has 0 radical (unpaired) electrons. The largest absolute Gasteiger partial charge is 0.311 e. The third-order valence-corrected chi connectivity index (χ3v) is 11.1. The van der Waals surface area contributed by atoms with Crippen LogP contribution in [0.25, 0.3) is 34.4 Å². The Morgan fingerprint density at radius 2 is 1.36 bits per heavy atom. The average molecular weight is 708 g/mol. The van der Waals surface area contributed by atoms with E-state index in [0.717, 1.165) is 52.2 Å². The van der Waals surface area contributed by atoms with Crippen LogP contribution in [0.2, 0.25) is 0 Å². The molecule has 5 aromatic rings. The van der Waals surface area contributed by atoms with Gasteiger partial charge in [0, 0.05) is 26.5 Å². The lowest BCUT2D eigenvalue weighted by atomic mass is 9.99. The predicted molar refractivity (Wildman–Crippen MR) is 235 cm³/mol. The summed E-state index contributed by atoms with van der Waals surface area (Å²) in [5.41, 5.74) is 13.6. The first-order chi connectivity index (χ1) is 25.9. The second kappa shape index (κ2) is 17.7. The first kappa shape index (κ1) is 37.1. The molecule has 4 aromatic carbocycles. The van der Waals surface area contributed by atoms with Gasteiger partial charge >= 0.3 is 0 Å². The van der Waals surface area contributed by atoms with E-state index in [4.69, 9.17) is 0 Å². The molecule has 0 spiro atoms. The highest BCUT2D eigenvalue weighted by Gasteiger charge is 2.15. The number of nitrogens with zero attached hydrogens (tertiary/aromatic N) is 1.